The van der Waals surface area contributed by atoms with Crippen molar-refractivity contribution in [1.82, 2.24) is 19.8 Å². The van der Waals surface area contributed by atoms with Gasteiger partial charge in [0.15, 0.2) is 0 Å². The molecule has 2 heterocycles. The maximum atomic E-state index is 12.6. The van der Waals surface area contributed by atoms with Gasteiger partial charge in [-0.3, -0.25) is 0 Å². The highest BCUT2D eigenvalue weighted by atomic mass is 16.5. The second-order valence-electron chi connectivity index (χ2n) is 5.59. The maximum absolute atomic E-state index is 12.6. The molecule has 0 aliphatic carbocycles. The van der Waals surface area contributed by atoms with Gasteiger partial charge in [0, 0.05) is 11.1 Å². The highest BCUT2D eigenvalue weighted by Crippen LogP contribution is 2.31. The summed E-state index contributed by atoms with van der Waals surface area (Å²) in [7, 11) is 1.30. The Labute approximate surface area is 147 Å². The van der Waals surface area contributed by atoms with E-state index in [1.54, 1.807) is 0 Å². The monoisotopic (exact) mass is 346 g/mol. The zero-order valence-corrected chi connectivity index (χ0v) is 13.8. The molecular weight excluding hydrogens is 332 g/mol. The summed E-state index contributed by atoms with van der Waals surface area (Å²) < 4.78 is 6.12. The van der Waals surface area contributed by atoms with Gasteiger partial charge >= 0.3 is 11.7 Å². The normalized spacial score (nSPS) is 10.8. The van der Waals surface area contributed by atoms with Crippen molar-refractivity contribution in [2.45, 2.75) is 0 Å². The molecule has 7 nitrogen and oxygen atoms in total. The number of aromatic nitrogens is 4. The number of carbonyl (C=O) groups is 1. The first-order chi connectivity index (χ1) is 12.7. The molecule has 0 unspecified atom stereocenters. The standard InChI is InChI=1S/C19H14N4O3/c1-26-18(24)14-15(12-8-4-2-5-9-12)22-23-17(14)16(20-21-19(23)25)13-10-6-3-7-11-13/h2-11H,1H3,(H,21,25). The molecule has 0 bridgehead atoms. The van der Waals surface area contributed by atoms with E-state index in [1.807, 2.05) is 60.7 Å². The Hall–Kier alpha value is -3.74. The fraction of sp³-hybridized carbons (Fsp3) is 0.0526. The molecule has 1 N–H and O–H groups in total. The number of carbonyl (C=O) groups excluding carboxylic acids is 1. The Morgan fingerprint density at radius 1 is 0.962 bits per heavy atom. The number of rotatable bonds is 3. The molecule has 0 aliphatic heterocycles. The Kier molecular flexibility index (Phi) is 3.81. The van der Waals surface area contributed by atoms with Crippen molar-refractivity contribution in [3.8, 4) is 22.5 Å². The number of nitrogens with one attached hydrogen (secondary N) is 1. The molecule has 0 radical (unpaired) electrons. The van der Waals surface area contributed by atoms with Crippen molar-refractivity contribution in [1.29, 1.82) is 0 Å². The molecule has 4 rings (SSSR count). The van der Waals surface area contributed by atoms with Crippen LogP contribution in [-0.4, -0.2) is 32.9 Å². The third kappa shape index (κ3) is 2.46. The van der Waals surface area contributed by atoms with E-state index in [0.29, 0.717) is 22.5 Å². The molecule has 0 atom stereocenters. The van der Waals surface area contributed by atoms with Crippen molar-refractivity contribution < 1.29 is 9.53 Å². The first kappa shape index (κ1) is 15.8. The Morgan fingerprint density at radius 3 is 2.12 bits per heavy atom. The van der Waals surface area contributed by atoms with Crippen LogP contribution in [0, 0.1) is 0 Å². The lowest BCUT2D eigenvalue weighted by molar-refractivity contribution is 0.0604. The fourth-order valence-corrected chi connectivity index (χ4v) is 2.88. The van der Waals surface area contributed by atoms with E-state index in [9.17, 15) is 9.59 Å². The van der Waals surface area contributed by atoms with Crippen LogP contribution in [0.15, 0.2) is 65.5 Å². The summed E-state index contributed by atoms with van der Waals surface area (Å²) in [4.78, 5) is 24.9. The van der Waals surface area contributed by atoms with Gasteiger partial charge in [-0.05, 0) is 0 Å². The van der Waals surface area contributed by atoms with Crippen LogP contribution < -0.4 is 5.69 Å². The number of ether oxygens (including phenoxy) is 1. The van der Waals surface area contributed by atoms with Gasteiger partial charge in [-0.25, -0.2) is 14.7 Å². The third-order valence-electron chi connectivity index (χ3n) is 4.05. The molecule has 0 amide bonds. The van der Waals surface area contributed by atoms with E-state index in [4.69, 9.17) is 4.74 Å². The highest BCUT2D eigenvalue weighted by Gasteiger charge is 2.26. The predicted octanol–water partition coefficient (Wildman–Crippen LogP) is 2.54. The van der Waals surface area contributed by atoms with E-state index in [2.05, 4.69) is 15.3 Å². The van der Waals surface area contributed by atoms with Crippen molar-refractivity contribution in [2.75, 3.05) is 7.11 Å². The topological polar surface area (TPSA) is 89.3 Å². The summed E-state index contributed by atoms with van der Waals surface area (Å²) in [6.45, 7) is 0. The number of methoxy groups -OCH3 is 1. The predicted molar refractivity (Wildman–Crippen MR) is 95.8 cm³/mol. The van der Waals surface area contributed by atoms with Crippen LogP contribution in [0.3, 0.4) is 0 Å². The number of benzene rings is 2. The quantitative estimate of drug-likeness (QED) is 0.576. The summed E-state index contributed by atoms with van der Waals surface area (Å²) in [6, 6.07) is 18.4. The maximum Gasteiger partial charge on any atom is 0.363 e. The van der Waals surface area contributed by atoms with Crippen LogP contribution >= 0.6 is 0 Å². The number of fused-ring (bicyclic) bond motifs is 1. The first-order valence-electron chi connectivity index (χ1n) is 7.91. The van der Waals surface area contributed by atoms with E-state index in [-0.39, 0.29) is 5.56 Å². The van der Waals surface area contributed by atoms with Crippen LogP contribution in [0.2, 0.25) is 0 Å². The number of esters is 1. The average molecular weight is 346 g/mol. The second-order valence-corrected chi connectivity index (χ2v) is 5.59. The molecule has 2 aromatic heterocycles. The molecule has 4 aromatic rings. The highest BCUT2D eigenvalue weighted by molar-refractivity contribution is 6.06. The lowest BCUT2D eigenvalue weighted by Crippen LogP contribution is -2.20. The smallest absolute Gasteiger partial charge is 0.363 e. The minimum atomic E-state index is -0.580. The van der Waals surface area contributed by atoms with Gasteiger partial charge in [0.05, 0.1) is 7.11 Å². The molecule has 2 aromatic carbocycles. The van der Waals surface area contributed by atoms with Gasteiger partial charge in [-0.2, -0.15) is 14.7 Å². The molecule has 0 aliphatic rings. The number of H-pyrrole nitrogens is 1. The molecule has 0 fully saturated rings. The number of hydrogen-bond donors (Lipinski definition) is 1. The lowest BCUT2D eigenvalue weighted by Gasteiger charge is -2.05. The van der Waals surface area contributed by atoms with Crippen LogP contribution in [0.1, 0.15) is 10.4 Å². The van der Waals surface area contributed by atoms with Gasteiger partial charge in [-0.15, -0.1) is 0 Å². The Balaban J connectivity index is 2.14. The number of aromatic amines is 1. The second kappa shape index (κ2) is 6.29. The van der Waals surface area contributed by atoms with Crippen molar-refractivity contribution in [2.24, 2.45) is 0 Å². The fourth-order valence-electron chi connectivity index (χ4n) is 2.88. The van der Waals surface area contributed by atoms with Crippen molar-refractivity contribution >= 4 is 11.5 Å². The Morgan fingerprint density at radius 2 is 1.54 bits per heavy atom. The third-order valence-corrected chi connectivity index (χ3v) is 4.05. The van der Waals surface area contributed by atoms with Gasteiger partial charge in [0.2, 0.25) is 0 Å². The van der Waals surface area contributed by atoms with Gasteiger partial charge < -0.3 is 4.74 Å². The molecule has 7 heteroatoms. The molecule has 0 saturated carbocycles. The molecule has 128 valence electrons. The zero-order chi connectivity index (χ0) is 18.1. The first-order valence-corrected chi connectivity index (χ1v) is 7.91. The largest absolute Gasteiger partial charge is 0.465 e. The summed E-state index contributed by atoms with van der Waals surface area (Å²) >= 11 is 0. The summed E-state index contributed by atoms with van der Waals surface area (Å²) in [5, 5.41) is 11.0. The summed E-state index contributed by atoms with van der Waals surface area (Å²) in [6.07, 6.45) is 0. The van der Waals surface area contributed by atoms with Gasteiger partial charge in [0.1, 0.15) is 22.5 Å². The minimum absolute atomic E-state index is 0.205. The molecule has 0 saturated heterocycles. The van der Waals surface area contributed by atoms with Gasteiger partial charge in [-0.1, -0.05) is 60.7 Å². The van der Waals surface area contributed by atoms with Crippen LogP contribution in [0.5, 0.6) is 0 Å². The van der Waals surface area contributed by atoms with Crippen molar-refractivity contribution in [3.05, 3.63) is 76.7 Å². The van der Waals surface area contributed by atoms with E-state index >= 15 is 0 Å². The van der Waals surface area contributed by atoms with Crippen LogP contribution in [0.25, 0.3) is 28.0 Å². The Bertz CT molecular complexity index is 1150. The zero-order valence-electron chi connectivity index (χ0n) is 13.8. The number of hydrogen-bond acceptors (Lipinski definition) is 5. The van der Waals surface area contributed by atoms with Crippen LogP contribution in [-0.2, 0) is 4.74 Å². The van der Waals surface area contributed by atoms with Crippen molar-refractivity contribution in [3.63, 3.8) is 0 Å². The average Bonchev–Trinajstić information content (AvgIpc) is 3.10. The van der Waals surface area contributed by atoms with Crippen LogP contribution in [0.4, 0.5) is 0 Å². The number of nitrogens with zero attached hydrogens (tertiary/aromatic N) is 3. The molecular formula is C19H14N4O3. The van der Waals surface area contributed by atoms with E-state index in [0.717, 1.165) is 10.1 Å². The molecule has 26 heavy (non-hydrogen) atoms. The summed E-state index contributed by atoms with van der Waals surface area (Å²) in [5.74, 6) is -0.580. The van der Waals surface area contributed by atoms with Gasteiger partial charge in [0.25, 0.3) is 0 Å². The molecule has 0 spiro atoms. The SMILES string of the molecule is COC(=O)c1c(-c2ccccc2)nn2c(=O)[nH]nc(-c3ccccc3)c12. The lowest BCUT2D eigenvalue weighted by atomic mass is 10.0. The van der Waals surface area contributed by atoms with E-state index in [1.165, 1.54) is 7.11 Å². The van der Waals surface area contributed by atoms with E-state index < -0.39 is 11.7 Å². The minimum Gasteiger partial charge on any atom is -0.465 e. The summed E-state index contributed by atoms with van der Waals surface area (Å²) in [5.41, 5.74) is 2.25.